The Balaban J connectivity index is 1.90. The third-order valence-corrected chi connectivity index (χ3v) is 4.12. The summed E-state index contributed by atoms with van der Waals surface area (Å²) in [6, 6.07) is 7.26. The summed E-state index contributed by atoms with van der Waals surface area (Å²) in [4.78, 5) is 22.8. The summed E-state index contributed by atoms with van der Waals surface area (Å²) in [5.41, 5.74) is 1.29. The molecule has 0 atom stereocenters. The number of hydrogen-bond acceptors (Lipinski definition) is 3. The molecule has 1 aliphatic rings. The lowest BCUT2D eigenvalue weighted by Gasteiger charge is -2.39. The molecule has 1 aliphatic carbocycles. The highest BCUT2D eigenvalue weighted by atomic mass is 16.5. The molecular formula is C16H21NO4. The van der Waals surface area contributed by atoms with E-state index in [4.69, 9.17) is 9.84 Å². The van der Waals surface area contributed by atoms with E-state index in [-0.39, 0.29) is 17.9 Å². The van der Waals surface area contributed by atoms with E-state index in [2.05, 4.69) is 5.32 Å². The highest BCUT2D eigenvalue weighted by Gasteiger charge is 2.38. The number of rotatable bonds is 7. The maximum absolute atomic E-state index is 12.0. The summed E-state index contributed by atoms with van der Waals surface area (Å²) >= 11 is 0. The van der Waals surface area contributed by atoms with Crippen molar-refractivity contribution >= 4 is 11.9 Å². The van der Waals surface area contributed by atoms with Gasteiger partial charge in [-0.05, 0) is 30.4 Å². The number of carboxylic acid groups (broad SMARTS) is 1. The summed E-state index contributed by atoms with van der Waals surface area (Å²) in [6.07, 6.45) is 3.28. The average Bonchev–Trinajstić information content (AvgIpc) is 2.41. The first-order valence-electron chi connectivity index (χ1n) is 7.15. The van der Waals surface area contributed by atoms with Gasteiger partial charge in [0.15, 0.2) is 0 Å². The van der Waals surface area contributed by atoms with E-state index >= 15 is 0 Å². The zero-order valence-electron chi connectivity index (χ0n) is 12.2. The molecular weight excluding hydrogens is 270 g/mol. The molecule has 2 rings (SSSR count). The molecule has 0 unspecified atom stereocenters. The number of hydrogen-bond donors (Lipinski definition) is 2. The molecule has 0 aliphatic heterocycles. The van der Waals surface area contributed by atoms with Crippen molar-refractivity contribution in [3.8, 4) is 0 Å². The third kappa shape index (κ3) is 4.04. The van der Waals surface area contributed by atoms with Crippen LogP contribution in [0.4, 0.5) is 0 Å². The molecule has 114 valence electrons. The van der Waals surface area contributed by atoms with Gasteiger partial charge in [0.2, 0.25) is 5.91 Å². The predicted octanol–water partition coefficient (Wildman–Crippen LogP) is 1.89. The smallest absolute Gasteiger partial charge is 0.307 e. The maximum atomic E-state index is 12.0. The fourth-order valence-electron chi connectivity index (χ4n) is 2.64. The Labute approximate surface area is 124 Å². The number of benzene rings is 1. The van der Waals surface area contributed by atoms with Crippen LogP contribution in [0.2, 0.25) is 0 Å². The second-order valence-corrected chi connectivity index (χ2v) is 5.53. The molecule has 5 nitrogen and oxygen atoms in total. The van der Waals surface area contributed by atoms with Crippen molar-refractivity contribution in [1.82, 2.24) is 5.32 Å². The topological polar surface area (TPSA) is 75.6 Å². The Hall–Kier alpha value is -1.88. The average molecular weight is 291 g/mol. The quantitative estimate of drug-likeness (QED) is 0.804. The number of carbonyl (C=O) groups is 2. The van der Waals surface area contributed by atoms with Crippen LogP contribution in [0, 0.1) is 0 Å². The molecule has 1 aromatic carbocycles. The van der Waals surface area contributed by atoms with E-state index in [1.165, 1.54) is 0 Å². The van der Waals surface area contributed by atoms with Gasteiger partial charge in [-0.15, -0.1) is 0 Å². The Morgan fingerprint density at radius 1 is 1.29 bits per heavy atom. The van der Waals surface area contributed by atoms with Gasteiger partial charge >= 0.3 is 5.97 Å². The molecule has 0 spiro atoms. The van der Waals surface area contributed by atoms with Crippen LogP contribution in [-0.4, -0.2) is 29.7 Å². The first-order valence-corrected chi connectivity index (χ1v) is 7.15. The minimum atomic E-state index is -0.874. The van der Waals surface area contributed by atoms with Gasteiger partial charge in [-0.2, -0.15) is 0 Å². The van der Waals surface area contributed by atoms with Gasteiger partial charge in [0.25, 0.3) is 0 Å². The van der Waals surface area contributed by atoms with Gasteiger partial charge in [-0.3, -0.25) is 9.59 Å². The van der Waals surface area contributed by atoms with Crippen molar-refractivity contribution in [2.45, 2.75) is 44.2 Å². The monoisotopic (exact) mass is 291 g/mol. The number of amides is 1. The number of carbonyl (C=O) groups excluding carboxylic acids is 1. The fraction of sp³-hybridized carbons (Fsp3) is 0.500. The Bertz CT molecular complexity index is 517. The normalized spacial score (nSPS) is 16.0. The summed E-state index contributed by atoms with van der Waals surface area (Å²) in [5, 5.41) is 11.7. The molecule has 2 N–H and O–H groups in total. The predicted molar refractivity (Wildman–Crippen MR) is 77.8 cm³/mol. The van der Waals surface area contributed by atoms with Crippen LogP contribution in [0.1, 0.15) is 36.8 Å². The minimum absolute atomic E-state index is 0.0337. The molecule has 0 radical (unpaired) electrons. The number of nitrogens with one attached hydrogen (secondary N) is 1. The molecule has 1 aromatic rings. The van der Waals surface area contributed by atoms with Crippen LogP contribution >= 0.6 is 0 Å². The van der Waals surface area contributed by atoms with Crippen LogP contribution in [0.3, 0.4) is 0 Å². The molecule has 0 aromatic heterocycles. The van der Waals surface area contributed by atoms with E-state index in [9.17, 15) is 9.59 Å². The largest absolute Gasteiger partial charge is 0.481 e. The van der Waals surface area contributed by atoms with Gasteiger partial charge in [-0.1, -0.05) is 24.3 Å². The van der Waals surface area contributed by atoms with Crippen molar-refractivity contribution < 1.29 is 19.4 Å². The number of aliphatic carboxylic acids is 1. The van der Waals surface area contributed by atoms with Gasteiger partial charge in [0.1, 0.15) is 0 Å². The van der Waals surface area contributed by atoms with Crippen molar-refractivity contribution in [1.29, 1.82) is 0 Å². The van der Waals surface area contributed by atoms with Gasteiger partial charge in [-0.25, -0.2) is 0 Å². The number of ether oxygens (including phenoxy) is 1. The zero-order valence-corrected chi connectivity index (χ0v) is 12.2. The van der Waals surface area contributed by atoms with Crippen LogP contribution in [0.5, 0.6) is 0 Å². The highest BCUT2D eigenvalue weighted by molar-refractivity contribution is 5.77. The van der Waals surface area contributed by atoms with Crippen LogP contribution in [0.25, 0.3) is 0 Å². The van der Waals surface area contributed by atoms with Gasteiger partial charge < -0.3 is 15.2 Å². The Morgan fingerprint density at radius 3 is 2.48 bits per heavy atom. The van der Waals surface area contributed by atoms with E-state index in [1.807, 2.05) is 12.1 Å². The highest BCUT2D eigenvalue weighted by Crippen LogP contribution is 2.37. The molecule has 0 saturated heterocycles. The van der Waals surface area contributed by atoms with Crippen molar-refractivity contribution in [3.05, 3.63) is 35.4 Å². The summed E-state index contributed by atoms with van der Waals surface area (Å²) < 4.78 is 5.43. The number of methoxy groups -OCH3 is 1. The van der Waals surface area contributed by atoms with Crippen LogP contribution in [-0.2, 0) is 27.3 Å². The molecule has 5 heteroatoms. The SMILES string of the molecule is COC1(CC(=O)NCc2ccccc2CC(=O)O)CCC1. The maximum Gasteiger partial charge on any atom is 0.307 e. The van der Waals surface area contributed by atoms with Crippen molar-refractivity contribution in [2.75, 3.05) is 7.11 Å². The summed E-state index contributed by atoms with van der Waals surface area (Å²) in [7, 11) is 1.65. The lowest BCUT2D eigenvalue weighted by atomic mass is 9.77. The van der Waals surface area contributed by atoms with Crippen LogP contribution < -0.4 is 5.32 Å². The van der Waals surface area contributed by atoms with E-state index < -0.39 is 5.97 Å². The molecule has 1 amide bonds. The summed E-state index contributed by atoms with van der Waals surface area (Å²) in [5.74, 6) is -0.928. The lowest BCUT2D eigenvalue weighted by Crippen LogP contribution is -2.43. The Kier molecular flexibility index (Phi) is 4.96. The van der Waals surface area contributed by atoms with Gasteiger partial charge in [0.05, 0.1) is 18.4 Å². The lowest BCUT2D eigenvalue weighted by molar-refractivity contribution is -0.136. The first-order chi connectivity index (χ1) is 10.0. The number of carboxylic acids is 1. The molecule has 0 heterocycles. The Morgan fingerprint density at radius 2 is 1.95 bits per heavy atom. The van der Waals surface area contributed by atoms with Crippen molar-refractivity contribution in [2.24, 2.45) is 0 Å². The zero-order chi connectivity index (χ0) is 15.3. The van der Waals surface area contributed by atoms with Crippen LogP contribution in [0.15, 0.2) is 24.3 Å². The standard InChI is InChI=1S/C16H21NO4/c1-21-16(7-4-8-16)10-14(18)17-11-13-6-3-2-5-12(13)9-15(19)20/h2-3,5-6H,4,7-11H2,1H3,(H,17,18)(H,19,20). The molecule has 21 heavy (non-hydrogen) atoms. The molecule has 1 fully saturated rings. The van der Waals surface area contributed by atoms with E-state index in [0.29, 0.717) is 13.0 Å². The summed E-state index contributed by atoms with van der Waals surface area (Å²) in [6.45, 7) is 0.349. The minimum Gasteiger partial charge on any atom is -0.481 e. The van der Waals surface area contributed by atoms with Crippen molar-refractivity contribution in [3.63, 3.8) is 0 Å². The van der Waals surface area contributed by atoms with E-state index in [0.717, 1.165) is 30.4 Å². The van der Waals surface area contributed by atoms with Gasteiger partial charge in [0, 0.05) is 13.7 Å². The molecule has 0 bridgehead atoms. The third-order valence-electron chi connectivity index (χ3n) is 4.12. The first kappa shape index (κ1) is 15.5. The molecule has 1 saturated carbocycles. The fourth-order valence-corrected chi connectivity index (χ4v) is 2.64. The second-order valence-electron chi connectivity index (χ2n) is 5.53. The van der Waals surface area contributed by atoms with E-state index in [1.54, 1.807) is 19.2 Å². The second kappa shape index (κ2) is 6.72.